The maximum Gasteiger partial charge on any atom is 0.416 e. The van der Waals surface area contributed by atoms with Crippen LogP contribution in [-0.2, 0) is 112 Å². The molecule has 12 rings (SSSR count). The lowest BCUT2D eigenvalue weighted by atomic mass is 10.1. The number of nitrogens with zero attached hydrogens (tertiary/aromatic N) is 18. The Morgan fingerprint density at radius 1 is 0.484 bits per heavy atom. The Labute approximate surface area is 767 Å². The van der Waals surface area contributed by atoms with E-state index in [0.717, 1.165) is 75.5 Å². The van der Waals surface area contributed by atoms with Crippen molar-refractivity contribution in [2.75, 3.05) is 103 Å². The summed E-state index contributed by atoms with van der Waals surface area (Å²) in [6, 6.07) is 3.60. The molecular formula is C82H142Cl2N18O20P2Si4. The van der Waals surface area contributed by atoms with Crippen LogP contribution in [0.3, 0.4) is 0 Å². The third-order valence-corrected chi connectivity index (χ3v) is 34.6. The fraction of sp³-hybridized carbons (Fsp3) is 0.829. The Bertz CT molecular complexity index is 4490. The van der Waals surface area contributed by atoms with Gasteiger partial charge in [0.1, 0.15) is 75.3 Å². The number of hydrogen-bond acceptors (Lipinski definition) is 32. The van der Waals surface area contributed by atoms with Crippen molar-refractivity contribution >= 4 is 116 Å². The third kappa shape index (κ3) is 28.2. The Kier molecular flexibility index (Phi) is 33.8. The lowest BCUT2D eigenvalue weighted by Gasteiger charge is -2.38. The molecule has 10 heterocycles. The fourth-order valence-corrected chi connectivity index (χ4v) is 21.3. The fourth-order valence-electron chi connectivity index (χ4n) is 15.6. The van der Waals surface area contributed by atoms with Gasteiger partial charge < -0.3 is 84.9 Å². The number of hydrogen-bond donors (Lipinski definition) is 0. The summed E-state index contributed by atoms with van der Waals surface area (Å²) in [7, 11) is -11.7. The molecule has 128 heavy (non-hydrogen) atoms. The molecule has 4 aliphatic heterocycles. The van der Waals surface area contributed by atoms with Gasteiger partial charge in [-0.3, -0.25) is 9.80 Å². The molecule has 46 heteroatoms. The number of carbonyl (C=O) groups is 2. The molecule has 6 fully saturated rings. The van der Waals surface area contributed by atoms with Crippen molar-refractivity contribution in [1.29, 1.82) is 0 Å². The molecule has 2 saturated carbocycles. The van der Waals surface area contributed by atoms with Crippen LogP contribution in [-0.4, -0.2) is 299 Å². The van der Waals surface area contributed by atoms with Crippen LogP contribution in [0.5, 0.6) is 0 Å². The van der Waals surface area contributed by atoms with Crippen LogP contribution < -0.4 is 9.80 Å². The van der Waals surface area contributed by atoms with Gasteiger partial charge in [-0.1, -0.05) is 104 Å². The summed E-state index contributed by atoms with van der Waals surface area (Å²) in [6.07, 6.45) is 3.48. The SMILES string of the molecule is CC(C)(C)OC(=O)N(c1nc(Cl)nc2c1cnn2[C@@H]1O[C@H](COC(COCC[Si](C)(C)C)(COCc2nnn(COCC[Si](C)(C)C)n2)P(C)(C)=O)[C@H]2OC(C)(C)O[C@H]21)C1CCCC1.CC(C)(C)OC(=O)N(c1nc(Cl)nc2c1cnn2[C@@H]1O[C@H](CO[C@@](COCC[Si](C)(C)C)(COCc2nnn(COCC[Si](C)(C)C)n2)P(C)(C)=O)[C@H]2OC(C)(C)O[C@H]21)C1CCCC1. The molecule has 720 valence electrons. The number of anilines is 2. The van der Waals surface area contributed by atoms with Crippen LogP contribution in [0, 0.1) is 0 Å². The second-order valence-corrected chi connectivity index (χ2v) is 73.1. The summed E-state index contributed by atoms with van der Waals surface area (Å²) in [6.45, 7) is 54.7. The van der Waals surface area contributed by atoms with Gasteiger partial charge in [-0.15, -0.1) is 30.0 Å². The minimum atomic E-state index is -3.15. The number of carbonyl (C=O) groups excluding carboxylic acids is 2. The van der Waals surface area contributed by atoms with Crippen molar-refractivity contribution in [2.24, 2.45) is 0 Å². The van der Waals surface area contributed by atoms with E-state index in [0.29, 0.717) is 71.8 Å². The highest BCUT2D eigenvalue weighted by molar-refractivity contribution is 7.64. The van der Waals surface area contributed by atoms with Crippen molar-refractivity contribution in [2.45, 2.75) is 345 Å². The van der Waals surface area contributed by atoms with Crippen molar-refractivity contribution in [3.63, 3.8) is 0 Å². The van der Waals surface area contributed by atoms with Gasteiger partial charge in [0.25, 0.3) is 0 Å². The number of fused-ring (bicyclic) bond motifs is 4. The summed E-state index contributed by atoms with van der Waals surface area (Å²) >= 11 is 13.3. The number of rotatable bonds is 42. The number of aromatic nitrogens is 16. The molecule has 0 aromatic carbocycles. The highest BCUT2D eigenvalue weighted by Gasteiger charge is 2.60. The molecule has 0 bridgehead atoms. The van der Waals surface area contributed by atoms with Crippen LogP contribution in [0.15, 0.2) is 12.4 Å². The number of ether oxygens (including phenoxy) is 16. The van der Waals surface area contributed by atoms with Gasteiger partial charge in [-0.2, -0.15) is 30.1 Å². The number of tetrazole rings is 2. The van der Waals surface area contributed by atoms with Crippen LogP contribution in [0.2, 0.25) is 113 Å². The number of halogens is 2. The summed E-state index contributed by atoms with van der Waals surface area (Å²) in [5, 5.41) is 33.0. The minimum absolute atomic E-state index is 0.00234. The van der Waals surface area contributed by atoms with Gasteiger partial charge in [0, 0.05) is 70.8 Å². The summed E-state index contributed by atoms with van der Waals surface area (Å²) < 4.78 is 133. The standard InChI is InChI=1S/2C41H71ClN9O10PSi2/c2*1-39(2,3)61-38(52)50(28-16-14-15-17-28)34-29-22-43-51(35(29)45-37(42)44-34)36-33-32(59-40(4,5)60-33)30(58-36)23-57-41(62(6,7)53,25-54-18-20-63(8,9)10)26-56-24-31-46-48-49(47-31)27-55-19-21-64(11,12)13/h2*22,28,30,32-33,36H,14-21,23-27H2,1-13H3/t30-,32-,33-,36-,41?;30-,32-,33-,36-,41-/m11/s1. The van der Waals surface area contributed by atoms with Crippen LogP contribution in [0.25, 0.3) is 22.1 Å². The van der Waals surface area contributed by atoms with Crippen molar-refractivity contribution in [3.8, 4) is 0 Å². The number of amides is 2. The molecule has 1 unspecified atom stereocenters. The van der Waals surface area contributed by atoms with E-state index in [1.54, 1.807) is 58.2 Å². The molecule has 38 nitrogen and oxygen atoms in total. The second kappa shape index (κ2) is 41.8. The predicted octanol–water partition coefficient (Wildman–Crippen LogP) is 15.6. The van der Waals surface area contributed by atoms with Crippen molar-refractivity contribution in [3.05, 3.63) is 34.6 Å². The first-order chi connectivity index (χ1) is 59.5. The Balaban J connectivity index is 0.000000248. The molecule has 10 atom stereocenters. The van der Waals surface area contributed by atoms with Crippen molar-refractivity contribution < 1.29 is 94.5 Å². The highest BCUT2D eigenvalue weighted by Crippen LogP contribution is 2.56. The lowest BCUT2D eigenvalue weighted by molar-refractivity contribution is -0.208. The molecular weight excluding hydrogens is 1800 g/mol. The maximum atomic E-state index is 14.5. The largest absolute Gasteiger partial charge is 0.443 e. The molecule has 6 aliphatic rings. The van der Waals surface area contributed by atoms with Gasteiger partial charge >= 0.3 is 12.2 Å². The normalized spacial score (nSPS) is 22.9. The zero-order valence-electron chi connectivity index (χ0n) is 80.2. The van der Waals surface area contributed by atoms with E-state index in [-0.39, 0.29) is 89.0 Å². The van der Waals surface area contributed by atoms with Gasteiger partial charge in [-0.05, 0) is 179 Å². The molecule has 0 spiro atoms. The molecule has 6 aromatic rings. The molecule has 4 saturated heterocycles. The van der Waals surface area contributed by atoms with Crippen LogP contribution in [0.1, 0.15) is 145 Å². The van der Waals surface area contributed by atoms with Crippen LogP contribution in [0.4, 0.5) is 21.2 Å². The maximum absolute atomic E-state index is 14.5. The van der Waals surface area contributed by atoms with Gasteiger partial charge in [-0.25, -0.2) is 19.0 Å². The van der Waals surface area contributed by atoms with Gasteiger partial charge in [0.2, 0.25) is 10.6 Å². The van der Waals surface area contributed by atoms with Crippen molar-refractivity contribution in [1.82, 2.24) is 79.9 Å². The summed E-state index contributed by atoms with van der Waals surface area (Å²) in [5.74, 6) is -0.648. The summed E-state index contributed by atoms with van der Waals surface area (Å²) in [5.41, 5.74) is -0.792. The molecule has 2 aliphatic carbocycles. The highest BCUT2D eigenvalue weighted by atomic mass is 35.5. The molecule has 6 aromatic heterocycles. The Morgan fingerprint density at radius 3 is 1.12 bits per heavy atom. The average molecular weight is 1950 g/mol. The van der Waals surface area contributed by atoms with E-state index in [9.17, 15) is 18.7 Å². The lowest BCUT2D eigenvalue weighted by Crippen LogP contribution is -2.46. The molecule has 0 N–H and O–H groups in total. The first-order valence-corrected chi connectivity index (χ1v) is 65.5. The van der Waals surface area contributed by atoms with E-state index in [2.05, 4.69) is 129 Å². The average Bonchev–Trinajstić information content (AvgIpc) is 1.58. The minimum Gasteiger partial charge on any atom is -0.443 e. The Hall–Kier alpha value is -4.87. The monoisotopic (exact) mass is 1940 g/mol. The van der Waals surface area contributed by atoms with E-state index in [1.807, 2.05) is 69.2 Å². The zero-order chi connectivity index (χ0) is 93.8. The Morgan fingerprint density at radius 2 is 0.805 bits per heavy atom. The smallest absolute Gasteiger partial charge is 0.416 e. The third-order valence-electron chi connectivity index (χ3n) is 22.7. The van der Waals surface area contributed by atoms with E-state index in [4.69, 9.17) is 109 Å². The molecule has 2 amide bonds. The van der Waals surface area contributed by atoms with E-state index >= 15 is 0 Å². The van der Waals surface area contributed by atoms with Gasteiger partial charge in [0.15, 0.2) is 82.8 Å². The van der Waals surface area contributed by atoms with Crippen LogP contribution >= 0.6 is 37.5 Å². The quantitative estimate of drug-likeness (QED) is 0.0149. The van der Waals surface area contributed by atoms with E-state index in [1.165, 1.54) is 9.59 Å². The first kappa shape index (κ1) is 104. The topological polar surface area (TPSA) is 397 Å². The molecule has 0 radical (unpaired) electrons. The van der Waals surface area contributed by atoms with Gasteiger partial charge in [0.05, 0.1) is 62.8 Å². The second-order valence-electron chi connectivity index (χ2n) is 42.9. The van der Waals surface area contributed by atoms with E-state index < -0.39 is 141 Å². The first-order valence-electron chi connectivity index (χ1n) is 44.7. The summed E-state index contributed by atoms with van der Waals surface area (Å²) in [4.78, 5) is 52.0. The zero-order valence-corrected chi connectivity index (χ0v) is 87.5. The predicted molar refractivity (Wildman–Crippen MR) is 495 cm³/mol.